The second kappa shape index (κ2) is 7.90. The molecule has 0 saturated carbocycles. The summed E-state index contributed by atoms with van der Waals surface area (Å²) in [6.07, 6.45) is 2.14. The highest BCUT2D eigenvalue weighted by atomic mass is 32.2. The highest BCUT2D eigenvalue weighted by Gasteiger charge is 2.03. The molecule has 0 saturated heterocycles. The van der Waals surface area contributed by atoms with Crippen molar-refractivity contribution in [2.24, 2.45) is 5.92 Å². The Kier molecular flexibility index (Phi) is 8.07. The van der Waals surface area contributed by atoms with Gasteiger partial charge in [-0.05, 0) is 19.1 Å². The number of rotatable bonds is 7. The van der Waals surface area contributed by atoms with Gasteiger partial charge in [-0.3, -0.25) is 0 Å². The van der Waals surface area contributed by atoms with Crippen molar-refractivity contribution in [3.63, 3.8) is 0 Å². The molecule has 0 aromatic heterocycles. The van der Waals surface area contributed by atoms with Crippen LogP contribution in [0.1, 0.15) is 13.8 Å². The SMILES string of the molecule is COCC(C)CNC(C)CSC. The second-order valence-corrected chi connectivity index (χ2v) is 4.24. The van der Waals surface area contributed by atoms with Crippen molar-refractivity contribution in [2.75, 3.05) is 32.3 Å². The molecule has 0 aliphatic rings. The second-order valence-electron chi connectivity index (χ2n) is 3.33. The Morgan fingerprint density at radius 1 is 1.42 bits per heavy atom. The zero-order valence-electron chi connectivity index (χ0n) is 8.59. The highest BCUT2D eigenvalue weighted by molar-refractivity contribution is 7.98. The molecular weight excluding hydrogens is 170 g/mol. The standard InChI is InChI=1S/C9H21NOS/c1-8(6-11-3)5-10-9(2)7-12-4/h8-10H,5-7H2,1-4H3. The van der Waals surface area contributed by atoms with E-state index >= 15 is 0 Å². The molecule has 0 aromatic carbocycles. The summed E-state index contributed by atoms with van der Waals surface area (Å²) < 4.78 is 5.05. The number of hydrogen-bond acceptors (Lipinski definition) is 3. The average molecular weight is 191 g/mol. The maximum atomic E-state index is 5.05. The lowest BCUT2D eigenvalue weighted by atomic mass is 10.2. The largest absolute Gasteiger partial charge is 0.384 e. The number of nitrogens with one attached hydrogen (secondary N) is 1. The van der Waals surface area contributed by atoms with Crippen LogP contribution < -0.4 is 5.32 Å². The first-order valence-corrected chi connectivity index (χ1v) is 5.81. The molecule has 0 bridgehead atoms. The van der Waals surface area contributed by atoms with Gasteiger partial charge in [-0.1, -0.05) is 6.92 Å². The predicted octanol–water partition coefficient (Wildman–Crippen LogP) is 1.61. The third-order valence-electron chi connectivity index (χ3n) is 1.68. The van der Waals surface area contributed by atoms with Crippen LogP contribution in [0, 0.1) is 5.92 Å². The van der Waals surface area contributed by atoms with Crippen LogP contribution in [0.2, 0.25) is 0 Å². The van der Waals surface area contributed by atoms with Gasteiger partial charge in [0.2, 0.25) is 0 Å². The quantitative estimate of drug-likeness (QED) is 0.660. The van der Waals surface area contributed by atoms with Crippen LogP contribution in [0.4, 0.5) is 0 Å². The summed E-state index contributed by atoms with van der Waals surface area (Å²) in [7, 11) is 1.75. The van der Waals surface area contributed by atoms with E-state index in [4.69, 9.17) is 4.74 Å². The Morgan fingerprint density at radius 2 is 2.08 bits per heavy atom. The Labute approximate surface area is 80.4 Å². The van der Waals surface area contributed by atoms with Gasteiger partial charge in [-0.25, -0.2) is 0 Å². The summed E-state index contributed by atoms with van der Waals surface area (Å²) in [6.45, 7) is 6.31. The van der Waals surface area contributed by atoms with Crippen LogP contribution in [-0.2, 0) is 4.74 Å². The van der Waals surface area contributed by atoms with E-state index in [1.54, 1.807) is 7.11 Å². The summed E-state index contributed by atoms with van der Waals surface area (Å²) >= 11 is 1.88. The third-order valence-corrected chi connectivity index (χ3v) is 2.52. The monoisotopic (exact) mass is 191 g/mol. The molecule has 1 N–H and O–H groups in total. The number of methoxy groups -OCH3 is 1. The molecule has 0 amide bonds. The Morgan fingerprint density at radius 3 is 2.58 bits per heavy atom. The molecule has 2 unspecified atom stereocenters. The van der Waals surface area contributed by atoms with E-state index in [1.165, 1.54) is 5.75 Å². The lowest BCUT2D eigenvalue weighted by Gasteiger charge is -2.16. The first-order chi connectivity index (χ1) is 5.70. The smallest absolute Gasteiger partial charge is 0.0499 e. The van der Waals surface area contributed by atoms with Crippen molar-refractivity contribution in [3.8, 4) is 0 Å². The van der Waals surface area contributed by atoms with Crippen molar-refractivity contribution in [1.29, 1.82) is 0 Å². The van der Waals surface area contributed by atoms with Gasteiger partial charge in [0.1, 0.15) is 0 Å². The van der Waals surface area contributed by atoms with E-state index in [0.717, 1.165) is 13.2 Å². The van der Waals surface area contributed by atoms with Crippen LogP contribution >= 0.6 is 11.8 Å². The van der Waals surface area contributed by atoms with E-state index in [2.05, 4.69) is 25.4 Å². The first kappa shape index (κ1) is 12.3. The summed E-state index contributed by atoms with van der Waals surface area (Å²) in [5.41, 5.74) is 0. The zero-order chi connectivity index (χ0) is 9.40. The van der Waals surface area contributed by atoms with Crippen molar-refractivity contribution in [2.45, 2.75) is 19.9 Å². The molecule has 0 heterocycles. The van der Waals surface area contributed by atoms with Crippen molar-refractivity contribution in [3.05, 3.63) is 0 Å². The minimum Gasteiger partial charge on any atom is -0.384 e. The van der Waals surface area contributed by atoms with E-state index in [0.29, 0.717) is 12.0 Å². The summed E-state index contributed by atoms with van der Waals surface area (Å²) in [5.74, 6) is 1.79. The van der Waals surface area contributed by atoms with Crippen LogP contribution in [0.5, 0.6) is 0 Å². The molecule has 0 radical (unpaired) electrons. The van der Waals surface area contributed by atoms with Gasteiger partial charge in [0.15, 0.2) is 0 Å². The Bertz CT molecular complexity index is 88.5. The van der Waals surface area contributed by atoms with Crippen LogP contribution in [-0.4, -0.2) is 38.3 Å². The van der Waals surface area contributed by atoms with Gasteiger partial charge in [-0.2, -0.15) is 11.8 Å². The van der Waals surface area contributed by atoms with Gasteiger partial charge >= 0.3 is 0 Å². The fourth-order valence-electron chi connectivity index (χ4n) is 1.05. The van der Waals surface area contributed by atoms with Gasteiger partial charge < -0.3 is 10.1 Å². The maximum absolute atomic E-state index is 5.05. The lowest BCUT2D eigenvalue weighted by molar-refractivity contribution is 0.157. The van der Waals surface area contributed by atoms with Crippen LogP contribution in [0.15, 0.2) is 0 Å². The Balaban J connectivity index is 3.27. The van der Waals surface area contributed by atoms with Gasteiger partial charge in [0.25, 0.3) is 0 Å². The molecule has 0 rings (SSSR count). The third kappa shape index (κ3) is 6.95. The van der Waals surface area contributed by atoms with E-state index in [-0.39, 0.29) is 0 Å². The van der Waals surface area contributed by atoms with E-state index < -0.39 is 0 Å². The highest BCUT2D eigenvalue weighted by Crippen LogP contribution is 1.98. The minimum absolute atomic E-state index is 0.610. The molecular formula is C9H21NOS. The molecule has 0 aliphatic heterocycles. The fourth-order valence-corrected chi connectivity index (χ4v) is 1.67. The maximum Gasteiger partial charge on any atom is 0.0499 e. The molecule has 0 aromatic rings. The van der Waals surface area contributed by atoms with E-state index in [9.17, 15) is 0 Å². The van der Waals surface area contributed by atoms with Crippen LogP contribution in [0.3, 0.4) is 0 Å². The van der Waals surface area contributed by atoms with Crippen molar-refractivity contribution >= 4 is 11.8 Å². The average Bonchev–Trinajstić information content (AvgIpc) is 2.02. The minimum atomic E-state index is 0.610. The summed E-state index contributed by atoms with van der Waals surface area (Å²) in [6, 6.07) is 0.610. The summed E-state index contributed by atoms with van der Waals surface area (Å²) in [5, 5.41) is 3.47. The summed E-state index contributed by atoms with van der Waals surface area (Å²) in [4.78, 5) is 0. The van der Waals surface area contributed by atoms with Crippen LogP contribution in [0.25, 0.3) is 0 Å². The van der Waals surface area contributed by atoms with Crippen molar-refractivity contribution < 1.29 is 4.74 Å². The molecule has 0 fully saturated rings. The Hall–Kier alpha value is 0.270. The van der Waals surface area contributed by atoms with Crippen molar-refractivity contribution in [1.82, 2.24) is 5.32 Å². The molecule has 3 heteroatoms. The normalized spacial score (nSPS) is 16.0. The molecule has 0 aliphatic carbocycles. The lowest BCUT2D eigenvalue weighted by Crippen LogP contribution is -2.33. The number of hydrogen-bond donors (Lipinski definition) is 1. The fraction of sp³-hybridized carbons (Fsp3) is 1.00. The molecule has 12 heavy (non-hydrogen) atoms. The molecule has 2 nitrogen and oxygen atoms in total. The van der Waals surface area contributed by atoms with Gasteiger partial charge in [0, 0.05) is 32.1 Å². The molecule has 74 valence electrons. The molecule has 2 atom stereocenters. The zero-order valence-corrected chi connectivity index (χ0v) is 9.41. The predicted molar refractivity (Wildman–Crippen MR) is 56.9 cm³/mol. The van der Waals surface area contributed by atoms with Gasteiger partial charge in [0.05, 0.1) is 0 Å². The topological polar surface area (TPSA) is 21.3 Å². The number of thioether (sulfide) groups is 1. The first-order valence-electron chi connectivity index (χ1n) is 4.42. The number of ether oxygens (including phenoxy) is 1. The molecule has 0 spiro atoms. The van der Waals surface area contributed by atoms with E-state index in [1.807, 2.05) is 11.8 Å². The van der Waals surface area contributed by atoms with Gasteiger partial charge in [-0.15, -0.1) is 0 Å².